The van der Waals surface area contributed by atoms with Gasteiger partial charge in [-0.3, -0.25) is 0 Å². The fourth-order valence-electron chi connectivity index (χ4n) is 2.18. The highest BCUT2D eigenvalue weighted by molar-refractivity contribution is 9.10. The quantitative estimate of drug-likeness (QED) is 0.610. The van der Waals surface area contributed by atoms with E-state index in [0.717, 1.165) is 21.5 Å². The van der Waals surface area contributed by atoms with E-state index in [1.54, 1.807) is 14.2 Å². The van der Waals surface area contributed by atoms with E-state index in [4.69, 9.17) is 9.47 Å². The second-order valence-electron chi connectivity index (χ2n) is 4.93. The maximum atomic E-state index is 5.51. The molecule has 0 saturated carbocycles. The highest BCUT2D eigenvalue weighted by atomic mass is 79.9. The number of rotatable bonds is 4. The zero-order chi connectivity index (χ0) is 15.6. The molecule has 0 amide bonds. The van der Waals surface area contributed by atoms with E-state index in [-0.39, 0.29) is 4.83 Å². The standard InChI is InChI=1S/C17H18Br2O2/c1-10-5-6-12(7-11(10)2)17(19)13-8-16(21-4)14(18)9-15(13)20-3/h5-9,17H,1-4H3. The molecular formula is C17H18Br2O2. The van der Waals surface area contributed by atoms with Crippen LogP contribution in [-0.2, 0) is 0 Å². The summed E-state index contributed by atoms with van der Waals surface area (Å²) in [5.74, 6) is 1.61. The molecule has 2 nitrogen and oxygen atoms in total. The Labute approximate surface area is 142 Å². The van der Waals surface area contributed by atoms with Crippen molar-refractivity contribution in [1.82, 2.24) is 0 Å². The summed E-state index contributed by atoms with van der Waals surface area (Å²) in [5, 5.41) is 0. The molecule has 0 radical (unpaired) electrons. The molecule has 2 aromatic carbocycles. The average Bonchev–Trinajstić information content (AvgIpc) is 2.49. The third kappa shape index (κ3) is 3.43. The van der Waals surface area contributed by atoms with Crippen molar-refractivity contribution in [2.45, 2.75) is 18.7 Å². The van der Waals surface area contributed by atoms with Crippen molar-refractivity contribution in [3.05, 3.63) is 57.1 Å². The van der Waals surface area contributed by atoms with Crippen LogP contribution < -0.4 is 9.47 Å². The second-order valence-corrected chi connectivity index (χ2v) is 6.70. The fourth-order valence-corrected chi connectivity index (χ4v) is 3.31. The van der Waals surface area contributed by atoms with E-state index in [0.29, 0.717) is 0 Å². The van der Waals surface area contributed by atoms with Crippen molar-refractivity contribution in [2.24, 2.45) is 0 Å². The highest BCUT2D eigenvalue weighted by Gasteiger charge is 2.18. The van der Waals surface area contributed by atoms with Gasteiger partial charge in [0.2, 0.25) is 0 Å². The largest absolute Gasteiger partial charge is 0.496 e. The van der Waals surface area contributed by atoms with Gasteiger partial charge in [-0.1, -0.05) is 34.1 Å². The van der Waals surface area contributed by atoms with Gasteiger partial charge in [0.25, 0.3) is 0 Å². The first kappa shape index (κ1) is 16.4. The lowest BCUT2D eigenvalue weighted by molar-refractivity contribution is 0.397. The van der Waals surface area contributed by atoms with E-state index in [2.05, 4.69) is 63.9 Å². The van der Waals surface area contributed by atoms with Crippen LogP contribution in [0, 0.1) is 13.8 Å². The van der Waals surface area contributed by atoms with Gasteiger partial charge in [0.05, 0.1) is 23.5 Å². The predicted molar refractivity (Wildman–Crippen MR) is 93.9 cm³/mol. The summed E-state index contributed by atoms with van der Waals surface area (Å²) < 4.78 is 11.8. The van der Waals surface area contributed by atoms with Crippen LogP contribution in [0.5, 0.6) is 11.5 Å². The summed E-state index contributed by atoms with van der Waals surface area (Å²) in [6.45, 7) is 4.24. The summed E-state index contributed by atoms with van der Waals surface area (Å²) in [6.07, 6.45) is 0. The zero-order valence-electron chi connectivity index (χ0n) is 12.5. The summed E-state index contributed by atoms with van der Waals surface area (Å²) in [7, 11) is 3.34. The summed E-state index contributed by atoms with van der Waals surface area (Å²) in [5.41, 5.74) is 4.81. The molecule has 112 valence electrons. The maximum absolute atomic E-state index is 5.51. The molecule has 1 unspecified atom stereocenters. The van der Waals surface area contributed by atoms with E-state index in [9.17, 15) is 0 Å². The molecule has 0 bridgehead atoms. The molecule has 21 heavy (non-hydrogen) atoms. The van der Waals surface area contributed by atoms with Gasteiger partial charge in [0.15, 0.2) is 0 Å². The predicted octanol–water partition coefficient (Wildman–Crippen LogP) is 5.57. The minimum Gasteiger partial charge on any atom is -0.496 e. The molecule has 1 atom stereocenters. The number of alkyl halides is 1. The molecule has 0 spiro atoms. The molecule has 2 rings (SSSR count). The normalized spacial score (nSPS) is 12.1. The lowest BCUT2D eigenvalue weighted by Gasteiger charge is -2.18. The summed E-state index contributed by atoms with van der Waals surface area (Å²) in [4.78, 5) is 0.0498. The van der Waals surface area contributed by atoms with Crippen molar-refractivity contribution in [1.29, 1.82) is 0 Å². The van der Waals surface area contributed by atoms with Crippen molar-refractivity contribution in [3.8, 4) is 11.5 Å². The number of halogens is 2. The molecule has 0 N–H and O–H groups in total. The van der Waals surface area contributed by atoms with Crippen LogP contribution in [0.2, 0.25) is 0 Å². The molecule has 0 saturated heterocycles. The minimum atomic E-state index is 0.0498. The topological polar surface area (TPSA) is 18.5 Å². The molecule has 4 heteroatoms. The number of hydrogen-bond donors (Lipinski definition) is 0. The Kier molecular flexibility index (Phi) is 5.33. The van der Waals surface area contributed by atoms with Gasteiger partial charge in [0, 0.05) is 5.56 Å². The molecule has 0 aliphatic carbocycles. The van der Waals surface area contributed by atoms with Gasteiger partial charge in [-0.15, -0.1) is 0 Å². The van der Waals surface area contributed by atoms with Gasteiger partial charge in [0.1, 0.15) is 11.5 Å². The third-order valence-corrected chi connectivity index (χ3v) is 5.24. The van der Waals surface area contributed by atoms with Gasteiger partial charge in [-0.25, -0.2) is 0 Å². The fraction of sp³-hybridized carbons (Fsp3) is 0.294. The van der Waals surface area contributed by atoms with Crippen LogP contribution in [0.15, 0.2) is 34.8 Å². The Morgan fingerprint density at radius 1 is 0.905 bits per heavy atom. The second kappa shape index (κ2) is 6.84. The van der Waals surface area contributed by atoms with E-state index < -0.39 is 0 Å². The summed E-state index contributed by atoms with van der Waals surface area (Å²) >= 11 is 7.27. The van der Waals surface area contributed by atoms with Gasteiger partial charge < -0.3 is 9.47 Å². The number of methoxy groups -OCH3 is 2. The molecule has 0 aliphatic heterocycles. The lowest BCUT2D eigenvalue weighted by Crippen LogP contribution is -1.99. The van der Waals surface area contributed by atoms with Crippen LogP contribution in [0.1, 0.15) is 27.1 Å². The Morgan fingerprint density at radius 3 is 2.14 bits per heavy atom. The molecule has 0 aromatic heterocycles. The van der Waals surface area contributed by atoms with Gasteiger partial charge in [-0.05, 0) is 58.6 Å². The van der Waals surface area contributed by atoms with Crippen LogP contribution in [0.3, 0.4) is 0 Å². The third-order valence-electron chi connectivity index (χ3n) is 3.60. The average molecular weight is 414 g/mol. The molecular weight excluding hydrogens is 396 g/mol. The molecule has 0 aliphatic rings. The number of ether oxygens (including phenoxy) is 2. The molecule has 0 fully saturated rings. The SMILES string of the molecule is COc1cc(C(Br)c2ccc(C)c(C)c2)c(OC)cc1Br. The highest BCUT2D eigenvalue weighted by Crippen LogP contribution is 2.42. The Bertz CT molecular complexity index is 653. The Hall–Kier alpha value is -1.00. The van der Waals surface area contributed by atoms with Crippen molar-refractivity contribution in [2.75, 3.05) is 14.2 Å². The van der Waals surface area contributed by atoms with Crippen LogP contribution in [0.4, 0.5) is 0 Å². The van der Waals surface area contributed by atoms with Crippen molar-refractivity contribution < 1.29 is 9.47 Å². The van der Waals surface area contributed by atoms with Crippen molar-refractivity contribution >= 4 is 31.9 Å². The first-order valence-corrected chi connectivity index (χ1v) is 8.31. The van der Waals surface area contributed by atoms with Crippen LogP contribution in [0.25, 0.3) is 0 Å². The monoisotopic (exact) mass is 412 g/mol. The van der Waals surface area contributed by atoms with Gasteiger partial charge in [-0.2, -0.15) is 0 Å². The van der Waals surface area contributed by atoms with Crippen molar-refractivity contribution in [3.63, 3.8) is 0 Å². The van der Waals surface area contributed by atoms with Gasteiger partial charge >= 0.3 is 0 Å². The molecule has 2 aromatic rings. The first-order chi connectivity index (χ1) is 9.97. The Morgan fingerprint density at radius 2 is 1.57 bits per heavy atom. The Balaban J connectivity index is 2.50. The number of benzene rings is 2. The van der Waals surface area contributed by atoms with E-state index >= 15 is 0 Å². The number of aryl methyl sites for hydroxylation is 2. The van der Waals surface area contributed by atoms with Crippen LogP contribution in [-0.4, -0.2) is 14.2 Å². The lowest BCUT2D eigenvalue weighted by atomic mass is 9.99. The maximum Gasteiger partial charge on any atom is 0.133 e. The smallest absolute Gasteiger partial charge is 0.133 e. The molecule has 0 heterocycles. The number of hydrogen-bond acceptors (Lipinski definition) is 2. The first-order valence-electron chi connectivity index (χ1n) is 6.60. The summed E-state index contributed by atoms with van der Waals surface area (Å²) in [6, 6.07) is 10.4. The minimum absolute atomic E-state index is 0.0498. The van der Waals surface area contributed by atoms with Crippen LogP contribution >= 0.6 is 31.9 Å². The van der Waals surface area contributed by atoms with E-state index in [1.165, 1.54) is 16.7 Å². The van der Waals surface area contributed by atoms with E-state index in [1.807, 2.05) is 12.1 Å². The zero-order valence-corrected chi connectivity index (χ0v) is 15.7.